The third kappa shape index (κ3) is 9.19. The van der Waals surface area contributed by atoms with Crippen LogP contribution in [0.1, 0.15) is 18.9 Å². The molecule has 1 saturated heterocycles. The molecule has 1 fully saturated rings. The number of hydrogen-bond donors (Lipinski definition) is 2. The molecule has 0 saturated carbocycles. The van der Waals surface area contributed by atoms with Crippen LogP contribution in [0, 0.1) is 10.1 Å². The maximum atomic E-state index is 13.6. The molecule has 1 aliphatic rings. The van der Waals surface area contributed by atoms with Crippen molar-refractivity contribution >= 4 is 67.2 Å². The van der Waals surface area contributed by atoms with Crippen LogP contribution in [0.3, 0.4) is 0 Å². The zero-order valence-corrected chi connectivity index (χ0v) is 32.5. The number of rotatable bonds is 14. The van der Waals surface area contributed by atoms with Crippen LogP contribution in [-0.2, 0) is 16.6 Å². The maximum absolute atomic E-state index is 13.6. The zero-order chi connectivity index (χ0) is 38.4. The van der Waals surface area contributed by atoms with Crippen molar-refractivity contribution in [2.75, 3.05) is 46.9 Å². The van der Waals surface area contributed by atoms with E-state index in [4.69, 9.17) is 11.6 Å². The second-order valence-electron chi connectivity index (χ2n) is 13.3. The standard InChI is InChI=1S/C41H40ClN7O4S2/c1-2-32(27-54-34-11-7-4-8-12-34)45-38-18-15-35(25-40(38)49(50)51)55(52,53)46-41-37-17-14-33(24-39(37)43-28-44-41)48-21-19-47(20-22-48)26-30-23-31(42)13-16-36(30)29-9-5-3-6-10-29/h3-18,23-25,28,32,45H,2,19-22,26-27H2,1H3,(H,43,44,46). The van der Waals surface area contributed by atoms with Gasteiger partial charge in [0, 0.05) is 71.6 Å². The summed E-state index contributed by atoms with van der Waals surface area (Å²) in [5, 5.41) is 16.6. The van der Waals surface area contributed by atoms with Crippen molar-refractivity contribution in [1.82, 2.24) is 14.9 Å². The molecule has 1 atom stereocenters. The van der Waals surface area contributed by atoms with Crippen LogP contribution in [0.15, 0.2) is 131 Å². The second kappa shape index (κ2) is 17.1. The first-order valence-electron chi connectivity index (χ1n) is 18.0. The average Bonchev–Trinajstić information content (AvgIpc) is 3.20. The predicted molar refractivity (Wildman–Crippen MR) is 223 cm³/mol. The van der Waals surface area contributed by atoms with Crippen molar-refractivity contribution in [2.45, 2.75) is 35.7 Å². The van der Waals surface area contributed by atoms with Gasteiger partial charge in [0.15, 0.2) is 5.82 Å². The highest BCUT2D eigenvalue weighted by atomic mass is 35.5. The Balaban J connectivity index is 1.02. The third-order valence-electron chi connectivity index (χ3n) is 9.66. The summed E-state index contributed by atoms with van der Waals surface area (Å²) in [5.74, 6) is 0.767. The van der Waals surface area contributed by atoms with Crippen molar-refractivity contribution in [3.8, 4) is 11.1 Å². The Hall–Kier alpha value is -5.21. The Morgan fingerprint density at radius 3 is 2.36 bits per heavy atom. The van der Waals surface area contributed by atoms with Gasteiger partial charge in [0.05, 0.1) is 15.3 Å². The quantitative estimate of drug-likeness (QED) is 0.0626. The number of benzene rings is 5. The van der Waals surface area contributed by atoms with Crippen LogP contribution in [0.4, 0.5) is 22.9 Å². The summed E-state index contributed by atoms with van der Waals surface area (Å²) < 4.78 is 29.8. The van der Waals surface area contributed by atoms with E-state index in [1.807, 2.05) is 73.7 Å². The van der Waals surface area contributed by atoms with Crippen LogP contribution in [0.2, 0.25) is 5.02 Å². The van der Waals surface area contributed by atoms with Crippen LogP contribution in [-0.4, -0.2) is 66.2 Å². The molecule has 2 heterocycles. The Kier molecular flexibility index (Phi) is 11.8. The van der Waals surface area contributed by atoms with Gasteiger partial charge in [-0.15, -0.1) is 11.8 Å². The summed E-state index contributed by atoms with van der Waals surface area (Å²) in [6.45, 7) is 6.07. The number of fused-ring (bicyclic) bond motifs is 1. The SMILES string of the molecule is CCC(CSc1ccccc1)Nc1ccc(S(=O)(=O)Nc2ncnc3cc(N4CCN(Cc5cc(Cl)ccc5-c5ccccc5)CC4)ccc23)cc1[N+](=O)[O-]. The molecule has 14 heteroatoms. The van der Waals surface area contributed by atoms with Gasteiger partial charge in [-0.05, 0) is 77.7 Å². The molecule has 0 bridgehead atoms. The number of nitro groups is 1. The molecular weight excluding hydrogens is 754 g/mol. The number of piperazine rings is 1. The lowest BCUT2D eigenvalue weighted by Gasteiger charge is -2.36. The van der Waals surface area contributed by atoms with E-state index in [-0.39, 0.29) is 28.1 Å². The highest BCUT2D eigenvalue weighted by Crippen LogP contribution is 2.33. The molecule has 1 aliphatic heterocycles. The van der Waals surface area contributed by atoms with Gasteiger partial charge in [-0.25, -0.2) is 18.4 Å². The van der Waals surface area contributed by atoms with Crippen molar-refractivity contribution in [1.29, 1.82) is 0 Å². The Morgan fingerprint density at radius 1 is 0.891 bits per heavy atom. The number of aromatic nitrogens is 2. The number of halogens is 1. The van der Waals surface area contributed by atoms with Crippen LogP contribution < -0.4 is 14.9 Å². The molecule has 0 aliphatic carbocycles. The van der Waals surface area contributed by atoms with Crippen LogP contribution >= 0.6 is 23.4 Å². The van der Waals surface area contributed by atoms with Gasteiger partial charge >= 0.3 is 0 Å². The Labute approximate surface area is 330 Å². The van der Waals surface area contributed by atoms with Crippen molar-refractivity contribution < 1.29 is 13.3 Å². The lowest BCUT2D eigenvalue weighted by atomic mass is 9.99. The summed E-state index contributed by atoms with van der Waals surface area (Å²) in [7, 11) is -4.24. The molecule has 0 spiro atoms. The van der Waals surface area contributed by atoms with Crippen molar-refractivity contribution in [3.05, 3.63) is 142 Å². The third-order valence-corrected chi connectivity index (χ3v) is 12.4. The van der Waals surface area contributed by atoms with Gasteiger partial charge in [0.1, 0.15) is 12.0 Å². The first kappa shape index (κ1) is 38.1. The summed E-state index contributed by atoms with van der Waals surface area (Å²) in [6, 6.07) is 35.8. The summed E-state index contributed by atoms with van der Waals surface area (Å²) in [6.07, 6.45) is 2.03. The first-order chi connectivity index (χ1) is 26.7. The van der Waals surface area contributed by atoms with Crippen LogP contribution in [0.5, 0.6) is 0 Å². The lowest BCUT2D eigenvalue weighted by Crippen LogP contribution is -2.46. The molecule has 1 aromatic heterocycles. The van der Waals surface area contributed by atoms with Gasteiger partial charge in [-0.2, -0.15) is 0 Å². The number of sulfonamides is 1. The molecule has 1 unspecified atom stereocenters. The van der Waals surface area contributed by atoms with Crippen LogP contribution in [0.25, 0.3) is 22.0 Å². The van der Waals surface area contributed by atoms with E-state index in [9.17, 15) is 18.5 Å². The fourth-order valence-electron chi connectivity index (χ4n) is 6.65. The largest absolute Gasteiger partial charge is 0.376 e. The minimum absolute atomic E-state index is 0.0762. The molecule has 2 N–H and O–H groups in total. The number of nitro benzene ring substituents is 1. The fraction of sp³-hybridized carbons (Fsp3) is 0.220. The minimum Gasteiger partial charge on any atom is -0.376 e. The number of nitrogens with zero attached hydrogens (tertiary/aromatic N) is 5. The molecule has 5 aromatic carbocycles. The van der Waals surface area contributed by atoms with Gasteiger partial charge in [0.25, 0.3) is 15.7 Å². The lowest BCUT2D eigenvalue weighted by molar-refractivity contribution is -0.384. The van der Waals surface area contributed by atoms with E-state index in [0.29, 0.717) is 16.7 Å². The molecule has 7 rings (SSSR count). The van der Waals surface area contributed by atoms with E-state index >= 15 is 0 Å². The second-order valence-corrected chi connectivity index (χ2v) is 16.5. The molecule has 11 nitrogen and oxygen atoms in total. The van der Waals surface area contributed by atoms with Gasteiger partial charge in [-0.3, -0.25) is 19.7 Å². The smallest absolute Gasteiger partial charge is 0.293 e. The van der Waals surface area contributed by atoms with Gasteiger partial charge in [0.2, 0.25) is 0 Å². The number of nitrogens with one attached hydrogen (secondary N) is 2. The van der Waals surface area contributed by atoms with Crippen molar-refractivity contribution in [3.63, 3.8) is 0 Å². The predicted octanol–water partition coefficient (Wildman–Crippen LogP) is 8.96. The van der Waals surface area contributed by atoms with Gasteiger partial charge in [-0.1, -0.05) is 73.1 Å². The Morgan fingerprint density at radius 2 is 1.64 bits per heavy atom. The first-order valence-corrected chi connectivity index (χ1v) is 20.8. The van der Waals surface area contributed by atoms with E-state index in [2.05, 4.69) is 54.1 Å². The summed E-state index contributed by atoms with van der Waals surface area (Å²) >= 11 is 8.06. The highest BCUT2D eigenvalue weighted by molar-refractivity contribution is 7.99. The van der Waals surface area contributed by atoms with Gasteiger partial charge < -0.3 is 10.2 Å². The molecular formula is C41H40ClN7O4S2. The monoisotopic (exact) mass is 793 g/mol. The molecule has 282 valence electrons. The molecule has 0 radical (unpaired) electrons. The minimum atomic E-state index is -4.24. The number of anilines is 3. The maximum Gasteiger partial charge on any atom is 0.293 e. The van der Waals surface area contributed by atoms with E-state index < -0.39 is 14.9 Å². The van der Waals surface area contributed by atoms with Crippen molar-refractivity contribution in [2.24, 2.45) is 0 Å². The molecule has 55 heavy (non-hydrogen) atoms. The average molecular weight is 794 g/mol. The topological polar surface area (TPSA) is 134 Å². The fourth-order valence-corrected chi connectivity index (χ4v) is 8.96. The summed E-state index contributed by atoms with van der Waals surface area (Å²) in [5.41, 5.74) is 5.00. The Bertz CT molecular complexity index is 2400. The molecule has 0 amide bonds. The van der Waals surface area contributed by atoms with E-state index in [1.165, 1.54) is 29.6 Å². The number of hydrogen-bond acceptors (Lipinski definition) is 10. The highest BCUT2D eigenvalue weighted by Gasteiger charge is 2.25. The number of thioether (sulfide) groups is 1. The van der Waals surface area contributed by atoms with E-state index in [0.717, 1.165) is 66.4 Å². The normalized spacial score (nSPS) is 14.1. The zero-order valence-electron chi connectivity index (χ0n) is 30.1. The molecule has 6 aromatic rings. The summed E-state index contributed by atoms with van der Waals surface area (Å²) in [4.78, 5) is 25.8. The van der Waals surface area contributed by atoms with E-state index in [1.54, 1.807) is 17.8 Å².